The Kier molecular flexibility index (Phi) is 0.506. The van der Waals surface area contributed by atoms with Crippen LogP contribution in [0.1, 0.15) is 0 Å². The van der Waals surface area contributed by atoms with Crippen molar-refractivity contribution in [3.63, 3.8) is 0 Å². The lowest BCUT2D eigenvalue weighted by Gasteiger charge is -1.74. The molecule has 0 amide bonds. The fourth-order valence-electron chi connectivity index (χ4n) is 0.195. The highest BCUT2D eigenvalue weighted by atomic mass is 16.5. The van der Waals surface area contributed by atoms with Gasteiger partial charge in [-0.2, -0.15) is 4.73 Å². The van der Waals surface area contributed by atoms with Crippen LogP contribution in [-0.4, -0.2) is 20.1 Å². The zero-order valence-corrected chi connectivity index (χ0v) is 2.94. The molecular weight excluding hydrogens is 82.0 g/mol. The van der Waals surface area contributed by atoms with Crippen LogP contribution in [0, 0.1) is 0 Å². The third kappa shape index (κ3) is 0.314. The smallest absolute Gasteiger partial charge is 0.156 e. The molecule has 1 rings (SSSR count). The van der Waals surface area contributed by atoms with Crippen molar-refractivity contribution in [3.8, 4) is 0 Å². The highest BCUT2D eigenvalue weighted by Gasteiger charge is 1.73. The maximum Gasteiger partial charge on any atom is 0.156 e. The Bertz CT molecular complexity index is 112. The summed E-state index contributed by atoms with van der Waals surface area (Å²) in [6, 6.07) is 0. The van der Waals surface area contributed by atoms with E-state index in [1.165, 1.54) is 12.7 Å². The van der Waals surface area contributed by atoms with E-state index in [-0.39, 0.29) is 0 Å². The van der Waals surface area contributed by atoms with Crippen molar-refractivity contribution in [1.29, 1.82) is 0 Å². The van der Waals surface area contributed by atoms with Gasteiger partial charge in [0, 0.05) is 0 Å². The minimum Gasteiger partial charge on any atom is -0.426 e. The molecule has 0 radical (unpaired) electrons. The summed E-state index contributed by atoms with van der Waals surface area (Å²) in [7, 11) is 0. The molecule has 0 aliphatic heterocycles. The summed E-state index contributed by atoms with van der Waals surface area (Å²) in [6.45, 7) is 0. The van der Waals surface area contributed by atoms with Gasteiger partial charge in [-0.25, -0.2) is 0 Å². The fourth-order valence-corrected chi connectivity index (χ4v) is 0.195. The number of hydrogen-bond acceptors (Lipinski definition) is 3. The van der Waals surface area contributed by atoms with Gasteiger partial charge >= 0.3 is 0 Å². The molecule has 0 fully saturated rings. The van der Waals surface area contributed by atoms with Gasteiger partial charge in [0.25, 0.3) is 0 Å². The van der Waals surface area contributed by atoms with Gasteiger partial charge in [-0.3, -0.25) is 0 Å². The molecule has 0 atom stereocenters. The lowest BCUT2D eigenvalue weighted by molar-refractivity contribution is 0.184. The Labute approximate surface area is 34.0 Å². The highest BCUT2D eigenvalue weighted by molar-refractivity contribution is 4.48. The predicted molar refractivity (Wildman–Crippen MR) is 17.2 cm³/mol. The van der Waals surface area contributed by atoms with Crippen LogP contribution in [0.15, 0.2) is 12.7 Å². The SMILES string of the molecule is On1cnnc1. The van der Waals surface area contributed by atoms with E-state index >= 15 is 0 Å². The first-order valence-corrected chi connectivity index (χ1v) is 1.43. The average Bonchev–Trinajstić information content (AvgIpc) is 1.86. The van der Waals surface area contributed by atoms with Gasteiger partial charge in [-0.05, 0) is 0 Å². The molecule has 0 aromatic carbocycles. The molecule has 0 bridgehead atoms. The largest absolute Gasteiger partial charge is 0.426 e. The van der Waals surface area contributed by atoms with Crippen LogP contribution in [0.4, 0.5) is 0 Å². The lowest BCUT2D eigenvalue weighted by atomic mass is 11.3. The Morgan fingerprint density at radius 3 is 2.00 bits per heavy atom. The van der Waals surface area contributed by atoms with Crippen molar-refractivity contribution in [3.05, 3.63) is 12.7 Å². The summed E-state index contributed by atoms with van der Waals surface area (Å²) in [5.74, 6) is 0. The van der Waals surface area contributed by atoms with Crippen molar-refractivity contribution in [2.45, 2.75) is 0 Å². The third-order valence-corrected chi connectivity index (χ3v) is 0.407. The van der Waals surface area contributed by atoms with E-state index in [0.29, 0.717) is 0 Å². The van der Waals surface area contributed by atoms with Crippen LogP contribution < -0.4 is 0 Å². The summed E-state index contributed by atoms with van der Waals surface area (Å²) in [5.41, 5.74) is 0. The van der Waals surface area contributed by atoms with Gasteiger partial charge in [-0.15, -0.1) is 10.2 Å². The summed E-state index contributed by atoms with van der Waals surface area (Å²) in [4.78, 5) is 0. The molecule has 6 heavy (non-hydrogen) atoms. The van der Waals surface area contributed by atoms with Gasteiger partial charge < -0.3 is 5.21 Å². The number of nitrogens with zero attached hydrogens (tertiary/aromatic N) is 3. The first-order valence-electron chi connectivity index (χ1n) is 1.43. The number of rotatable bonds is 0. The quantitative estimate of drug-likeness (QED) is 0.433. The molecule has 1 N–H and O–H groups in total. The summed E-state index contributed by atoms with van der Waals surface area (Å²) >= 11 is 0. The number of aromatic nitrogens is 3. The lowest BCUT2D eigenvalue weighted by Crippen LogP contribution is -1.79. The average molecular weight is 85.1 g/mol. The minimum absolute atomic E-state index is 0.778. The second-order valence-corrected chi connectivity index (χ2v) is 0.842. The standard InChI is InChI=1S/C2H3N3O/c6-5-1-3-4-2-5/h1-2,6H. The van der Waals surface area contributed by atoms with E-state index < -0.39 is 0 Å². The van der Waals surface area contributed by atoms with Gasteiger partial charge in [0.2, 0.25) is 0 Å². The Hall–Kier alpha value is -1.06. The monoisotopic (exact) mass is 85.0 g/mol. The molecule has 0 aliphatic carbocycles. The first kappa shape index (κ1) is 3.14. The van der Waals surface area contributed by atoms with Crippen molar-refractivity contribution < 1.29 is 5.21 Å². The van der Waals surface area contributed by atoms with Crippen molar-refractivity contribution in [2.75, 3.05) is 0 Å². The van der Waals surface area contributed by atoms with Gasteiger partial charge in [0.15, 0.2) is 12.7 Å². The van der Waals surface area contributed by atoms with E-state index in [2.05, 4.69) is 10.2 Å². The fraction of sp³-hybridized carbons (Fsp3) is 0. The molecule has 0 aliphatic rings. The first-order chi connectivity index (χ1) is 2.89. The molecule has 4 heteroatoms. The highest BCUT2D eigenvalue weighted by Crippen LogP contribution is 1.65. The minimum atomic E-state index is 0.778. The van der Waals surface area contributed by atoms with Crippen LogP contribution in [0.5, 0.6) is 0 Å². The zero-order chi connectivity index (χ0) is 4.41. The van der Waals surface area contributed by atoms with E-state index in [4.69, 9.17) is 5.21 Å². The topological polar surface area (TPSA) is 50.9 Å². The molecule has 0 saturated heterocycles. The third-order valence-electron chi connectivity index (χ3n) is 0.407. The molecule has 0 saturated carbocycles. The molecule has 0 spiro atoms. The molecule has 4 nitrogen and oxygen atoms in total. The maximum absolute atomic E-state index is 8.26. The molecule has 1 aromatic heterocycles. The van der Waals surface area contributed by atoms with Crippen molar-refractivity contribution in [2.24, 2.45) is 0 Å². The van der Waals surface area contributed by atoms with E-state index in [1.54, 1.807) is 0 Å². The summed E-state index contributed by atoms with van der Waals surface area (Å²) in [5, 5.41) is 14.8. The van der Waals surface area contributed by atoms with Crippen molar-refractivity contribution >= 4 is 0 Å². The molecule has 1 heterocycles. The van der Waals surface area contributed by atoms with Crippen LogP contribution >= 0.6 is 0 Å². The Morgan fingerprint density at radius 1 is 1.33 bits per heavy atom. The van der Waals surface area contributed by atoms with Gasteiger partial charge in [0.1, 0.15) is 0 Å². The van der Waals surface area contributed by atoms with E-state index in [9.17, 15) is 0 Å². The molecule has 0 unspecified atom stereocenters. The van der Waals surface area contributed by atoms with Gasteiger partial charge in [0.05, 0.1) is 0 Å². The van der Waals surface area contributed by atoms with E-state index in [1.807, 2.05) is 0 Å². The summed E-state index contributed by atoms with van der Waals surface area (Å²) < 4.78 is 0.778. The zero-order valence-electron chi connectivity index (χ0n) is 2.94. The van der Waals surface area contributed by atoms with Gasteiger partial charge in [-0.1, -0.05) is 0 Å². The second kappa shape index (κ2) is 0.965. The summed E-state index contributed by atoms with van der Waals surface area (Å²) in [6.07, 6.45) is 2.39. The predicted octanol–water partition coefficient (Wildman–Crippen LogP) is -0.485. The molecule has 32 valence electrons. The Morgan fingerprint density at radius 2 is 1.83 bits per heavy atom. The van der Waals surface area contributed by atoms with Crippen LogP contribution in [-0.2, 0) is 0 Å². The normalized spacial score (nSPS) is 8.67. The van der Waals surface area contributed by atoms with E-state index in [0.717, 1.165) is 4.73 Å². The van der Waals surface area contributed by atoms with Crippen molar-refractivity contribution in [1.82, 2.24) is 14.9 Å². The molecular formula is C2H3N3O. The Balaban J connectivity index is 3.05. The van der Waals surface area contributed by atoms with Crippen LogP contribution in [0.2, 0.25) is 0 Å². The maximum atomic E-state index is 8.26. The molecule has 1 aromatic rings. The van der Waals surface area contributed by atoms with Crippen LogP contribution in [0.25, 0.3) is 0 Å². The number of hydrogen-bond donors (Lipinski definition) is 1. The van der Waals surface area contributed by atoms with Crippen LogP contribution in [0.3, 0.4) is 0 Å². The second-order valence-electron chi connectivity index (χ2n) is 0.842.